The zero-order valence-corrected chi connectivity index (χ0v) is 16.1. The lowest BCUT2D eigenvalue weighted by atomic mass is 9.83. The second kappa shape index (κ2) is 7.83. The van der Waals surface area contributed by atoms with E-state index in [1.54, 1.807) is 54.6 Å². The smallest absolute Gasteiger partial charge is 0.337 e. The van der Waals surface area contributed by atoms with Crippen LogP contribution >= 0.6 is 0 Å². The molecule has 0 bridgehead atoms. The second-order valence-corrected chi connectivity index (χ2v) is 6.91. The lowest BCUT2D eigenvalue weighted by Crippen LogP contribution is -2.22. The van der Waals surface area contributed by atoms with Crippen LogP contribution in [0.25, 0.3) is 0 Å². The second-order valence-electron chi connectivity index (χ2n) is 6.91. The van der Waals surface area contributed by atoms with E-state index in [1.807, 2.05) is 0 Å². The highest BCUT2D eigenvalue weighted by atomic mass is 16.5. The molecule has 0 radical (unpaired) electrons. The number of benzene rings is 3. The highest BCUT2D eigenvalue weighted by molar-refractivity contribution is 6.11. The van der Waals surface area contributed by atoms with Gasteiger partial charge in [-0.25, -0.2) is 4.79 Å². The fourth-order valence-corrected chi connectivity index (χ4v) is 3.63. The molecule has 0 fully saturated rings. The molecule has 6 heteroatoms. The van der Waals surface area contributed by atoms with Gasteiger partial charge >= 0.3 is 11.9 Å². The fourth-order valence-electron chi connectivity index (χ4n) is 3.63. The third-order valence-electron chi connectivity index (χ3n) is 5.13. The summed E-state index contributed by atoms with van der Waals surface area (Å²) in [4.78, 5) is 36.7. The summed E-state index contributed by atoms with van der Waals surface area (Å²) < 4.78 is 10.0. The summed E-state index contributed by atoms with van der Waals surface area (Å²) in [6.07, 6.45) is 0.00110. The molecule has 0 saturated carbocycles. The van der Waals surface area contributed by atoms with Gasteiger partial charge in [-0.1, -0.05) is 42.5 Å². The van der Waals surface area contributed by atoms with E-state index in [2.05, 4.69) is 0 Å². The molecule has 6 nitrogen and oxygen atoms in total. The number of fused-ring (bicyclic) bond motifs is 1. The number of hydrogen-bond acceptors (Lipinski definition) is 6. The van der Waals surface area contributed by atoms with Crippen molar-refractivity contribution < 1.29 is 29.0 Å². The summed E-state index contributed by atoms with van der Waals surface area (Å²) in [6, 6.07) is 18.2. The Bertz CT molecular complexity index is 1130. The first-order chi connectivity index (χ1) is 14.5. The van der Waals surface area contributed by atoms with Gasteiger partial charge in [-0.05, 0) is 29.8 Å². The first-order valence-corrected chi connectivity index (χ1v) is 9.34. The van der Waals surface area contributed by atoms with Crippen LogP contribution < -0.4 is 4.74 Å². The Balaban J connectivity index is 1.78. The van der Waals surface area contributed by atoms with Crippen LogP contribution in [0.15, 0.2) is 66.7 Å². The van der Waals surface area contributed by atoms with Crippen LogP contribution in [0.5, 0.6) is 11.5 Å². The maximum Gasteiger partial charge on any atom is 0.337 e. The maximum atomic E-state index is 12.9. The Hall–Kier alpha value is -3.93. The van der Waals surface area contributed by atoms with Gasteiger partial charge in [-0.15, -0.1) is 0 Å². The Morgan fingerprint density at radius 2 is 1.67 bits per heavy atom. The van der Waals surface area contributed by atoms with Gasteiger partial charge in [0.15, 0.2) is 5.78 Å². The molecule has 1 N–H and O–H groups in total. The fraction of sp³-hybridized carbons (Fsp3) is 0.125. The van der Waals surface area contributed by atoms with E-state index < -0.39 is 17.9 Å². The van der Waals surface area contributed by atoms with Crippen LogP contribution in [0, 0.1) is 0 Å². The standard InChI is InChI=1S/C24H18O6/c1-29-24(28)16-9-7-14(8-10-16)18-13-20(25)30-19-12-11-17(23(27)21(18)19)22(26)15-5-3-2-4-6-15/h2-12,18,27H,13H2,1H3/t18-/m1/s1. The van der Waals surface area contributed by atoms with Crippen LogP contribution in [-0.4, -0.2) is 29.9 Å². The van der Waals surface area contributed by atoms with Gasteiger partial charge in [0.25, 0.3) is 0 Å². The number of phenolic OH excluding ortho intramolecular Hbond substituents is 1. The SMILES string of the molecule is COC(=O)c1ccc([C@H]2CC(=O)Oc3ccc(C(=O)c4ccccc4)c(O)c32)cc1. The molecule has 0 unspecified atom stereocenters. The molecule has 3 aromatic rings. The third kappa shape index (κ3) is 3.43. The molecule has 1 aliphatic heterocycles. The molecular weight excluding hydrogens is 384 g/mol. The molecule has 1 aliphatic rings. The van der Waals surface area contributed by atoms with Crippen molar-refractivity contribution in [2.45, 2.75) is 12.3 Å². The van der Waals surface area contributed by atoms with Crippen molar-refractivity contribution in [3.8, 4) is 11.5 Å². The molecule has 4 rings (SSSR count). The molecule has 3 aromatic carbocycles. The van der Waals surface area contributed by atoms with Crippen LogP contribution in [0.3, 0.4) is 0 Å². The molecule has 30 heavy (non-hydrogen) atoms. The van der Waals surface area contributed by atoms with Crippen LogP contribution in [0.2, 0.25) is 0 Å². The van der Waals surface area contributed by atoms with Gasteiger partial charge in [0, 0.05) is 17.0 Å². The van der Waals surface area contributed by atoms with Crippen molar-refractivity contribution in [2.24, 2.45) is 0 Å². The number of ether oxygens (including phenoxy) is 2. The summed E-state index contributed by atoms with van der Waals surface area (Å²) in [7, 11) is 1.30. The zero-order chi connectivity index (χ0) is 21.3. The minimum Gasteiger partial charge on any atom is -0.507 e. The topological polar surface area (TPSA) is 89.9 Å². The average molecular weight is 402 g/mol. The highest BCUT2D eigenvalue weighted by Crippen LogP contribution is 2.45. The third-order valence-corrected chi connectivity index (χ3v) is 5.13. The molecular formula is C24H18O6. The molecule has 0 saturated heterocycles. The van der Waals surface area contributed by atoms with Crippen molar-refractivity contribution >= 4 is 17.7 Å². The Labute approximate surface area is 172 Å². The summed E-state index contributed by atoms with van der Waals surface area (Å²) in [5.74, 6) is -1.75. The maximum absolute atomic E-state index is 12.9. The van der Waals surface area contributed by atoms with Gasteiger partial charge in [0.05, 0.1) is 24.7 Å². The number of ketones is 1. The van der Waals surface area contributed by atoms with E-state index in [0.717, 1.165) is 0 Å². The minimum atomic E-state index is -0.517. The summed E-state index contributed by atoms with van der Waals surface area (Å²) in [5.41, 5.74) is 2.04. The lowest BCUT2D eigenvalue weighted by molar-refractivity contribution is -0.135. The first kappa shape index (κ1) is 19.4. The lowest BCUT2D eigenvalue weighted by Gasteiger charge is -2.26. The normalized spacial score (nSPS) is 15.1. The molecule has 0 amide bonds. The predicted octanol–water partition coefficient (Wildman–Crippen LogP) is 3.85. The quantitative estimate of drug-likeness (QED) is 0.405. The van der Waals surface area contributed by atoms with Crippen LogP contribution in [-0.2, 0) is 9.53 Å². The summed E-state index contributed by atoms with van der Waals surface area (Å²) in [5, 5.41) is 11.0. The Morgan fingerprint density at radius 3 is 2.33 bits per heavy atom. The van der Waals surface area contributed by atoms with Crippen molar-refractivity contribution in [1.82, 2.24) is 0 Å². The summed E-state index contributed by atoms with van der Waals surface area (Å²) >= 11 is 0. The van der Waals surface area contributed by atoms with E-state index >= 15 is 0 Å². The van der Waals surface area contributed by atoms with E-state index in [0.29, 0.717) is 22.3 Å². The molecule has 150 valence electrons. The largest absolute Gasteiger partial charge is 0.507 e. The van der Waals surface area contributed by atoms with Gasteiger partial charge in [0.1, 0.15) is 11.5 Å². The predicted molar refractivity (Wildman–Crippen MR) is 108 cm³/mol. The van der Waals surface area contributed by atoms with Crippen LogP contribution in [0.1, 0.15) is 49.7 Å². The highest BCUT2D eigenvalue weighted by Gasteiger charge is 2.33. The van der Waals surface area contributed by atoms with E-state index in [4.69, 9.17) is 9.47 Å². The van der Waals surface area contributed by atoms with Gasteiger partial charge in [0.2, 0.25) is 0 Å². The van der Waals surface area contributed by atoms with E-state index in [9.17, 15) is 19.5 Å². The van der Waals surface area contributed by atoms with Crippen molar-refractivity contribution in [1.29, 1.82) is 0 Å². The first-order valence-electron chi connectivity index (χ1n) is 9.34. The Morgan fingerprint density at radius 1 is 0.967 bits per heavy atom. The molecule has 1 atom stereocenters. The van der Waals surface area contributed by atoms with Gasteiger partial charge in [-0.2, -0.15) is 0 Å². The van der Waals surface area contributed by atoms with E-state index in [1.165, 1.54) is 19.2 Å². The van der Waals surface area contributed by atoms with Crippen LogP contribution in [0.4, 0.5) is 0 Å². The number of aromatic hydroxyl groups is 1. The molecule has 0 aliphatic carbocycles. The minimum absolute atomic E-state index is 0.00110. The number of esters is 2. The number of carbonyl (C=O) groups is 3. The average Bonchev–Trinajstić information content (AvgIpc) is 2.78. The van der Waals surface area contributed by atoms with Crippen molar-refractivity contribution in [3.05, 3.63) is 94.5 Å². The molecule has 0 aromatic heterocycles. The Kier molecular flexibility index (Phi) is 5.06. The molecule has 0 spiro atoms. The zero-order valence-electron chi connectivity index (χ0n) is 16.1. The monoisotopic (exact) mass is 402 g/mol. The number of carbonyl (C=O) groups excluding carboxylic acids is 3. The number of hydrogen-bond donors (Lipinski definition) is 1. The van der Waals surface area contributed by atoms with Crippen molar-refractivity contribution in [2.75, 3.05) is 7.11 Å². The molecule has 1 heterocycles. The number of rotatable bonds is 4. The summed E-state index contributed by atoms with van der Waals surface area (Å²) in [6.45, 7) is 0. The van der Waals surface area contributed by atoms with E-state index in [-0.39, 0.29) is 29.3 Å². The van der Waals surface area contributed by atoms with Gasteiger partial charge in [-0.3, -0.25) is 9.59 Å². The van der Waals surface area contributed by atoms with Gasteiger partial charge < -0.3 is 14.6 Å². The number of phenols is 1. The van der Waals surface area contributed by atoms with Crippen molar-refractivity contribution in [3.63, 3.8) is 0 Å². The number of methoxy groups -OCH3 is 1.